The Morgan fingerprint density at radius 3 is 2.41 bits per heavy atom. The van der Waals surface area contributed by atoms with Crippen LogP contribution in [0, 0.1) is 0 Å². The SMILES string of the molecule is COC(=O)[C@H](C)NC(=O)c1ccc(CBr)cc1. The highest BCUT2D eigenvalue weighted by Gasteiger charge is 2.16. The number of halogens is 1. The summed E-state index contributed by atoms with van der Waals surface area (Å²) in [7, 11) is 1.29. The van der Waals surface area contributed by atoms with Crippen LogP contribution in [0.25, 0.3) is 0 Å². The maximum Gasteiger partial charge on any atom is 0.328 e. The maximum atomic E-state index is 11.7. The Hall–Kier alpha value is -1.36. The summed E-state index contributed by atoms with van der Waals surface area (Å²) < 4.78 is 4.53. The molecule has 1 N–H and O–H groups in total. The minimum absolute atomic E-state index is 0.288. The largest absolute Gasteiger partial charge is 0.467 e. The third-order valence-corrected chi connectivity index (χ3v) is 2.92. The highest BCUT2D eigenvalue weighted by Crippen LogP contribution is 2.08. The summed E-state index contributed by atoms with van der Waals surface area (Å²) >= 11 is 3.33. The van der Waals surface area contributed by atoms with Crippen molar-refractivity contribution in [2.24, 2.45) is 0 Å². The van der Waals surface area contributed by atoms with E-state index in [9.17, 15) is 9.59 Å². The first-order valence-corrected chi connectivity index (χ1v) is 6.24. The summed E-state index contributed by atoms with van der Waals surface area (Å²) in [5.74, 6) is -0.751. The Bertz CT molecular complexity index is 403. The second kappa shape index (κ2) is 6.39. The van der Waals surface area contributed by atoms with Crippen LogP contribution >= 0.6 is 15.9 Å². The van der Waals surface area contributed by atoms with Crippen molar-refractivity contribution in [1.82, 2.24) is 5.32 Å². The van der Waals surface area contributed by atoms with E-state index in [1.165, 1.54) is 7.11 Å². The van der Waals surface area contributed by atoms with Crippen molar-refractivity contribution < 1.29 is 14.3 Å². The smallest absolute Gasteiger partial charge is 0.328 e. The van der Waals surface area contributed by atoms with Crippen molar-refractivity contribution in [2.45, 2.75) is 18.3 Å². The predicted molar refractivity (Wildman–Crippen MR) is 68.0 cm³/mol. The molecule has 0 spiro atoms. The van der Waals surface area contributed by atoms with Crippen LogP contribution < -0.4 is 5.32 Å². The van der Waals surface area contributed by atoms with Gasteiger partial charge in [0.05, 0.1) is 7.11 Å². The lowest BCUT2D eigenvalue weighted by Crippen LogP contribution is -2.39. The molecule has 0 saturated heterocycles. The fourth-order valence-corrected chi connectivity index (χ4v) is 1.63. The molecule has 0 aromatic heterocycles. The summed E-state index contributed by atoms with van der Waals surface area (Å²) in [6.45, 7) is 1.58. The van der Waals surface area contributed by atoms with Gasteiger partial charge in [-0.25, -0.2) is 4.79 Å². The van der Waals surface area contributed by atoms with Gasteiger partial charge < -0.3 is 10.1 Å². The second-order valence-electron chi connectivity index (χ2n) is 3.55. The molecule has 0 aliphatic rings. The first-order chi connectivity index (χ1) is 8.08. The third-order valence-electron chi connectivity index (χ3n) is 2.27. The van der Waals surface area contributed by atoms with Crippen LogP contribution in [0.2, 0.25) is 0 Å². The van der Waals surface area contributed by atoms with E-state index < -0.39 is 12.0 Å². The van der Waals surface area contributed by atoms with Crippen LogP contribution in [0.1, 0.15) is 22.8 Å². The van der Waals surface area contributed by atoms with Crippen LogP contribution in [0.15, 0.2) is 24.3 Å². The Morgan fingerprint density at radius 1 is 1.35 bits per heavy atom. The average molecular weight is 300 g/mol. The number of carbonyl (C=O) groups is 2. The predicted octanol–water partition coefficient (Wildman–Crippen LogP) is 1.87. The van der Waals surface area contributed by atoms with E-state index >= 15 is 0 Å². The molecule has 5 heteroatoms. The van der Waals surface area contributed by atoms with Crippen LogP contribution in [-0.2, 0) is 14.9 Å². The fraction of sp³-hybridized carbons (Fsp3) is 0.333. The van der Waals surface area contributed by atoms with E-state index in [0.29, 0.717) is 5.56 Å². The van der Waals surface area contributed by atoms with Crippen molar-refractivity contribution in [2.75, 3.05) is 7.11 Å². The Labute approximate surface area is 108 Å². The van der Waals surface area contributed by atoms with E-state index in [2.05, 4.69) is 26.0 Å². The molecule has 1 atom stereocenters. The van der Waals surface area contributed by atoms with Crippen LogP contribution in [-0.4, -0.2) is 25.0 Å². The van der Waals surface area contributed by atoms with Crippen LogP contribution in [0.5, 0.6) is 0 Å². The topological polar surface area (TPSA) is 55.4 Å². The zero-order valence-corrected chi connectivity index (χ0v) is 11.3. The monoisotopic (exact) mass is 299 g/mol. The maximum absolute atomic E-state index is 11.7. The Kier molecular flexibility index (Phi) is 5.15. The third kappa shape index (κ3) is 3.85. The summed E-state index contributed by atoms with van der Waals surface area (Å²) in [6.07, 6.45) is 0. The number of methoxy groups -OCH3 is 1. The molecule has 17 heavy (non-hydrogen) atoms. The average Bonchev–Trinajstić information content (AvgIpc) is 2.37. The number of amides is 1. The lowest BCUT2D eigenvalue weighted by molar-refractivity contribution is -0.142. The normalized spacial score (nSPS) is 11.7. The molecular weight excluding hydrogens is 286 g/mol. The lowest BCUT2D eigenvalue weighted by atomic mass is 10.1. The molecular formula is C12H14BrNO3. The fourth-order valence-electron chi connectivity index (χ4n) is 1.26. The van der Waals surface area contributed by atoms with Gasteiger partial charge in [0, 0.05) is 10.9 Å². The van der Waals surface area contributed by atoms with E-state index in [-0.39, 0.29) is 5.91 Å². The molecule has 1 amide bonds. The summed E-state index contributed by atoms with van der Waals surface area (Å²) in [5.41, 5.74) is 1.60. The molecule has 0 heterocycles. The molecule has 1 aromatic carbocycles. The highest BCUT2D eigenvalue weighted by molar-refractivity contribution is 9.08. The molecule has 0 bridgehead atoms. The molecule has 0 radical (unpaired) electrons. The number of alkyl halides is 1. The van der Waals surface area contributed by atoms with Gasteiger partial charge in [-0.05, 0) is 24.6 Å². The molecule has 1 rings (SSSR count). The molecule has 0 unspecified atom stereocenters. The summed E-state index contributed by atoms with van der Waals surface area (Å²) in [4.78, 5) is 22.9. The zero-order chi connectivity index (χ0) is 12.8. The summed E-state index contributed by atoms with van der Waals surface area (Å²) in [6, 6.07) is 6.49. The first kappa shape index (κ1) is 13.7. The van der Waals surface area contributed by atoms with Crippen LogP contribution in [0.4, 0.5) is 0 Å². The van der Waals surface area contributed by atoms with Crippen molar-refractivity contribution >= 4 is 27.8 Å². The number of esters is 1. The molecule has 92 valence electrons. The van der Waals surface area contributed by atoms with E-state index in [1.54, 1.807) is 19.1 Å². The second-order valence-corrected chi connectivity index (χ2v) is 4.11. The molecule has 0 fully saturated rings. The van der Waals surface area contributed by atoms with Gasteiger partial charge in [-0.3, -0.25) is 4.79 Å². The molecule has 0 aliphatic carbocycles. The summed E-state index contributed by atoms with van der Waals surface area (Å²) in [5, 5.41) is 3.30. The number of hydrogen-bond donors (Lipinski definition) is 1. The standard InChI is InChI=1S/C12H14BrNO3/c1-8(12(16)17-2)14-11(15)10-5-3-9(7-13)4-6-10/h3-6,8H,7H2,1-2H3,(H,14,15)/t8-/m0/s1. The number of hydrogen-bond acceptors (Lipinski definition) is 3. The molecule has 1 aromatic rings. The first-order valence-electron chi connectivity index (χ1n) is 5.12. The van der Waals surface area contributed by atoms with Gasteiger partial charge >= 0.3 is 5.97 Å². The van der Waals surface area contributed by atoms with Crippen molar-refractivity contribution in [3.8, 4) is 0 Å². The van der Waals surface area contributed by atoms with Gasteiger partial charge in [-0.2, -0.15) is 0 Å². The van der Waals surface area contributed by atoms with E-state index in [0.717, 1.165) is 10.9 Å². The van der Waals surface area contributed by atoms with E-state index in [4.69, 9.17) is 0 Å². The number of ether oxygens (including phenoxy) is 1. The van der Waals surface area contributed by atoms with Gasteiger partial charge in [-0.1, -0.05) is 28.1 Å². The Morgan fingerprint density at radius 2 is 1.94 bits per heavy atom. The minimum atomic E-state index is -0.650. The molecule has 4 nitrogen and oxygen atoms in total. The van der Waals surface area contributed by atoms with E-state index in [1.807, 2.05) is 12.1 Å². The number of carbonyl (C=O) groups excluding carboxylic acids is 2. The lowest BCUT2D eigenvalue weighted by Gasteiger charge is -2.11. The van der Waals surface area contributed by atoms with Gasteiger partial charge in [0.2, 0.25) is 0 Å². The van der Waals surface area contributed by atoms with Crippen molar-refractivity contribution in [1.29, 1.82) is 0 Å². The van der Waals surface area contributed by atoms with Gasteiger partial charge in [0.15, 0.2) is 0 Å². The highest BCUT2D eigenvalue weighted by atomic mass is 79.9. The zero-order valence-electron chi connectivity index (χ0n) is 9.70. The van der Waals surface area contributed by atoms with Gasteiger partial charge in [0.25, 0.3) is 5.91 Å². The Balaban J connectivity index is 2.66. The van der Waals surface area contributed by atoms with Gasteiger partial charge in [-0.15, -0.1) is 0 Å². The van der Waals surface area contributed by atoms with Crippen molar-refractivity contribution in [3.63, 3.8) is 0 Å². The van der Waals surface area contributed by atoms with Gasteiger partial charge in [0.1, 0.15) is 6.04 Å². The number of rotatable bonds is 4. The van der Waals surface area contributed by atoms with Crippen molar-refractivity contribution in [3.05, 3.63) is 35.4 Å². The quantitative estimate of drug-likeness (QED) is 0.682. The van der Waals surface area contributed by atoms with Crippen LogP contribution in [0.3, 0.4) is 0 Å². The number of benzene rings is 1. The molecule has 0 saturated carbocycles. The minimum Gasteiger partial charge on any atom is -0.467 e. The number of nitrogens with one attached hydrogen (secondary N) is 1. The molecule has 0 aliphatic heterocycles.